The van der Waals surface area contributed by atoms with Crippen molar-refractivity contribution in [3.8, 4) is 0 Å². The molecular formula is C13H20ClNO. The molecule has 0 aliphatic heterocycles. The lowest BCUT2D eigenvalue weighted by Gasteiger charge is -2.12. The number of rotatable bonds is 7. The minimum Gasteiger partial charge on any atom is -0.382 e. The molecule has 0 fully saturated rings. The van der Waals surface area contributed by atoms with Crippen molar-refractivity contribution >= 4 is 17.3 Å². The van der Waals surface area contributed by atoms with Gasteiger partial charge in [0.25, 0.3) is 0 Å². The van der Waals surface area contributed by atoms with Crippen LogP contribution in [0.4, 0.5) is 5.69 Å². The van der Waals surface area contributed by atoms with Gasteiger partial charge in [0.05, 0.1) is 6.10 Å². The van der Waals surface area contributed by atoms with E-state index in [0.29, 0.717) is 0 Å². The first-order valence-electron chi connectivity index (χ1n) is 5.68. The normalized spacial score (nSPS) is 12.4. The van der Waals surface area contributed by atoms with E-state index in [9.17, 15) is 0 Å². The number of alkyl halides is 1. The molecule has 1 aromatic rings. The molecule has 1 N–H and O–H groups in total. The fraction of sp³-hybridized carbons (Fsp3) is 0.538. The van der Waals surface area contributed by atoms with Gasteiger partial charge in [-0.1, -0.05) is 12.1 Å². The lowest BCUT2D eigenvalue weighted by molar-refractivity contribution is 0.129. The number of ether oxygens (including phenoxy) is 1. The average molecular weight is 242 g/mol. The molecule has 0 aromatic heterocycles. The van der Waals surface area contributed by atoms with E-state index < -0.39 is 0 Å². The highest BCUT2D eigenvalue weighted by Gasteiger charge is 2.00. The van der Waals surface area contributed by atoms with Crippen LogP contribution in [0.15, 0.2) is 24.3 Å². The smallest absolute Gasteiger partial charge is 0.0715 e. The van der Waals surface area contributed by atoms with E-state index in [4.69, 9.17) is 16.3 Å². The molecule has 0 saturated heterocycles. The van der Waals surface area contributed by atoms with Crippen molar-refractivity contribution in [2.24, 2.45) is 0 Å². The Kier molecular flexibility index (Phi) is 6.27. The standard InChI is InChI=1S/C13H20ClNO/c1-11(16-2)10-15-13-7-3-5-12(9-13)6-4-8-14/h3,5,7,9,11,15H,4,6,8,10H2,1-2H3. The Labute approximate surface area is 103 Å². The second-order valence-corrected chi connectivity index (χ2v) is 4.30. The van der Waals surface area contributed by atoms with Crippen molar-refractivity contribution in [2.45, 2.75) is 25.9 Å². The van der Waals surface area contributed by atoms with E-state index >= 15 is 0 Å². The third-order valence-corrected chi connectivity index (χ3v) is 2.79. The van der Waals surface area contributed by atoms with Crippen LogP contribution in [0.25, 0.3) is 0 Å². The molecular weight excluding hydrogens is 222 g/mol. The summed E-state index contributed by atoms with van der Waals surface area (Å²) in [5, 5.41) is 3.35. The van der Waals surface area contributed by atoms with E-state index in [1.807, 2.05) is 6.92 Å². The summed E-state index contributed by atoms with van der Waals surface area (Å²) in [5.74, 6) is 0.721. The van der Waals surface area contributed by atoms with Gasteiger partial charge in [0.1, 0.15) is 0 Å². The quantitative estimate of drug-likeness (QED) is 0.740. The van der Waals surface area contributed by atoms with Crippen LogP contribution in [0.2, 0.25) is 0 Å². The predicted octanol–water partition coefficient (Wildman–Crippen LogP) is 3.30. The lowest BCUT2D eigenvalue weighted by Crippen LogP contribution is -2.18. The highest BCUT2D eigenvalue weighted by Crippen LogP contribution is 2.12. The van der Waals surface area contributed by atoms with E-state index in [2.05, 4.69) is 29.6 Å². The number of aryl methyl sites for hydroxylation is 1. The van der Waals surface area contributed by atoms with Crippen molar-refractivity contribution < 1.29 is 4.74 Å². The molecule has 2 nitrogen and oxygen atoms in total. The van der Waals surface area contributed by atoms with Crippen molar-refractivity contribution in [3.05, 3.63) is 29.8 Å². The molecule has 3 heteroatoms. The molecule has 0 aliphatic carbocycles. The fourth-order valence-corrected chi connectivity index (χ4v) is 1.59. The van der Waals surface area contributed by atoms with Crippen LogP contribution in [0, 0.1) is 0 Å². The summed E-state index contributed by atoms with van der Waals surface area (Å²) in [7, 11) is 1.73. The number of hydrogen-bond acceptors (Lipinski definition) is 2. The lowest BCUT2D eigenvalue weighted by atomic mass is 10.1. The minimum atomic E-state index is 0.228. The second-order valence-electron chi connectivity index (χ2n) is 3.92. The van der Waals surface area contributed by atoms with E-state index in [1.165, 1.54) is 5.56 Å². The van der Waals surface area contributed by atoms with E-state index in [1.54, 1.807) is 7.11 Å². The van der Waals surface area contributed by atoms with Crippen molar-refractivity contribution in [2.75, 3.05) is 24.9 Å². The van der Waals surface area contributed by atoms with Gasteiger partial charge in [-0.3, -0.25) is 0 Å². The molecule has 1 rings (SSSR count). The summed E-state index contributed by atoms with van der Waals surface area (Å²) in [6.07, 6.45) is 2.30. The summed E-state index contributed by atoms with van der Waals surface area (Å²) in [5.41, 5.74) is 2.48. The van der Waals surface area contributed by atoms with Crippen LogP contribution < -0.4 is 5.32 Å². The van der Waals surface area contributed by atoms with Gasteiger partial charge >= 0.3 is 0 Å². The maximum atomic E-state index is 5.68. The molecule has 1 atom stereocenters. The van der Waals surface area contributed by atoms with E-state index in [0.717, 1.165) is 31.0 Å². The SMILES string of the molecule is COC(C)CNc1cccc(CCCCl)c1. The molecule has 90 valence electrons. The second kappa shape index (κ2) is 7.53. The molecule has 0 spiro atoms. The van der Waals surface area contributed by atoms with Crippen LogP contribution in [0.3, 0.4) is 0 Å². The zero-order valence-electron chi connectivity index (χ0n) is 10.0. The Hall–Kier alpha value is -0.730. The molecule has 0 aliphatic rings. The summed E-state index contributed by atoms with van der Waals surface area (Å²) in [6, 6.07) is 8.46. The molecule has 1 aromatic carbocycles. The van der Waals surface area contributed by atoms with Gasteiger partial charge in [0.15, 0.2) is 0 Å². The summed E-state index contributed by atoms with van der Waals surface area (Å²) >= 11 is 5.68. The number of methoxy groups -OCH3 is 1. The maximum Gasteiger partial charge on any atom is 0.0715 e. The molecule has 16 heavy (non-hydrogen) atoms. The molecule has 0 saturated carbocycles. The fourth-order valence-electron chi connectivity index (χ4n) is 1.45. The van der Waals surface area contributed by atoms with Crippen molar-refractivity contribution in [1.29, 1.82) is 0 Å². The van der Waals surface area contributed by atoms with Crippen molar-refractivity contribution in [3.63, 3.8) is 0 Å². The third-order valence-electron chi connectivity index (χ3n) is 2.52. The predicted molar refractivity (Wildman–Crippen MR) is 70.4 cm³/mol. The van der Waals surface area contributed by atoms with Crippen LogP contribution in [-0.4, -0.2) is 25.6 Å². The molecule has 0 amide bonds. The number of benzene rings is 1. The number of nitrogens with one attached hydrogen (secondary N) is 1. The van der Waals surface area contributed by atoms with Gasteiger partial charge in [-0.15, -0.1) is 11.6 Å². The molecule has 0 radical (unpaired) electrons. The summed E-state index contributed by atoms with van der Waals surface area (Å²) in [6.45, 7) is 2.87. The minimum absolute atomic E-state index is 0.228. The van der Waals surface area contributed by atoms with E-state index in [-0.39, 0.29) is 6.10 Å². The van der Waals surface area contributed by atoms with Gasteiger partial charge < -0.3 is 10.1 Å². The maximum absolute atomic E-state index is 5.68. The number of anilines is 1. The number of hydrogen-bond donors (Lipinski definition) is 1. The van der Waals surface area contributed by atoms with Gasteiger partial charge in [0, 0.05) is 25.2 Å². The first kappa shape index (κ1) is 13.3. The first-order valence-corrected chi connectivity index (χ1v) is 6.21. The zero-order chi connectivity index (χ0) is 11.8. The monoisotopic (exact) mass is 241 g/mol. The average Bonchev–Trinajstić information content (AvgIpc) is 2.34. The van der Waals surface area contributed by atoms with Gasteiger partial charge in [-0.2, -0.15) is 0 Å². The Morgan fingerprint density at radius 1 is 1.44 bits per heavy atom. The number of halogens is 1. The van der Waals surface area contributed by atoms with Crippen LogP contribution in [0.5, 0.6) is 0 Å². The van der Waals surface area contributed by atoms with Gasteiger partial charge in [-0.05, 0) is 37.5 Å². The largest absolute Gasteiger partial charge is 0.382 e. The van der Waals surface area contributed by atoms with Gasteiger partial charge in [-0.25, -0.2) is 0 Å². The molecule has 0 heterocycles. The Balaban J connectivity index is 2.46. The van der Waals surface area contributed by atoms with Crippen LogP contribution in [0.1, 0.15) is 18.9 Å². The molecule has 0 bridgehead atoms. The third kappa shape index (κ3) is 4.86. The van der Waals surface area contributed by atoms with Gasteiger partial charge in [0.2, 0.25) is 0 Å². The summed E-state index contributed by atoms with van der Waals surface area (Å²) in [4.78, 5) is 0. The zero-order valence-corrected chi connectivity index (χ0v) is 10.8. The Bertz CT molecular complexity index is 304. The molecule has 1 unspecified atom stereocenters. The topological polar surface area (TPSA) is 21.3 Å². The summed E-state index contributed by atoms with van der Waals surface area (Å²) < 4.78 is 5.19. The van der Waals surface area contributed by atoms with Crippen LogP contribution in [-0.2, 0) is 11.2 Å². The highest BCUT2D eigenvalue weighted by molar-refractivity contribution is 6.17. The Morgan fingerprint density at radius 2 is 2.25 bits per heavy atom. The highest BCUT2D eigenvalue weighted by atomic mass is 35.5. The van der Waals surface area contributed by atoms with Crippen molar-refractivity contribution in [1.82, 2.24) is 0 Å². The Morgan fingerprint density at radius 3 is 2.94 bits per heavy atom. The first-order chi connectivity index (χ1) is 7.76. The van der Waals surface area contributed by atoms with Crippen LogP contribution >= 0.6 is 11.6 Å².